The highest BCUT2D eigenvalue weighted by Gasteiger charge is 2.14. The summed E-state index contributed by atoms with van der Waals surface area (Å²) in [5.74, 6) is 0. The van der Waals surface area contributed by atoms with Crippen LogP contribution in [0.3, 0.4) is 0 Å². The fraction of sp³-hybridized carbons (Fsp3) is 0.143. The molecule has 0 aliphatic carbocycles. The van der Waals surface area contributed by atoms with Gasteiger partial charge in [-0.2, -0.15) is 8.42 Å². The number of imidazole rings is 1. The smallest absolute Gasteiger partial charge is 0.340 e. The number of fused-ring (bicyclic) bond motifs is 1. The van der Waals surface area contributed by atoms with E-state index < -0.39 is 15.8 Å². The maximum atomic E-state index is 12.7. The predicted octanol–water partition coefficient (Wildman–Crippen LogP) is 2.71. The topological polar surface area (TPSA) is 120 Å². The second kappa shape index (κ2) is 7.43. The van der Waals surface area contributed by atoms with Gasteiger partial charge in [-0.05, 0) is 36.2 Å². The van der Waals surface area contributed by atoms with E-state index in [0.29, 0.717) is 23.3 Å². The molecule has 30 heavy (non-hydrogen) atoms. The van der Waals surface area contributed by atoms with Gasteiger partial charge in [-0.25, -0.2) is 14.9 Å². The van der Waals surface area contributed by atoms with Crippen molar-refractivity contribution in [2.24, 2.45) is 12.2 Å². The van der Waals surface area contributed by atoms with Crippen LogP contribution in [0.5, 0.6) is 0 Å². The minimum absolute atomic E-state index is 0.299. The summed E-state index contributed by atoms with van der Waals surface area (Å²) in [4.78, 5) is 16.8. The predicted molar refractivity (Wildman–Crippen MR) is 115 cm³/mol. The Labute approximate surface area is 173 Å². The first-order valence-corrected chi connectivity index (χ1v) is 10.7. The van der Waals surface area contributed by atoms with Crippen LogP contribution in [0, 0.1) is 6.92 Å². The Hall–Kier alpha value is -3.43. The number of hydrogen-bond donors (Lipinski definition) is 2. The summed E-state index contributed by atoms with van der Waals surface area (Å²) in [5.41, 5.74) is 4.33. The second-order valence-electron chi connectivity index (χ2n) is 7.12. The van der Waals surface area contributed by atoms with Crippen molar-refractivity contribution in [3.63, 3.8) is 0 Å². The van der Waals surface area contributed by atoms with Crippen LogP contribution >= 0.6 is 0 Å². The summed E-state index contributed by atoms with van der Waals surface area (Å²) < 4.78 is 32.3. The Morgan fingerprint density at radius 2 is 2.00 bits per heavy atom. The van der Waals surface area contributed by atoms with Gasteiger partial charge in [0.25, 0.3) is 10.2 Å². The third kappa shape index (κ3) is 3.98. The van der Waals surface area contributed by atoms with Crippen molar-refractivity contribution in [2.45, 2.75) is 13.3 Å². The molecule has 0 saturated heterocycles. The van der Waals surface area contributed by atoms with Crippen LogP contribution in [0.25, 0.3) is 22.2 Å². The third-order valence-corrected chi connectivity index (χ3v) is 5.49. The molecule has 154 valence electrons. The molecule has 8 nitrogen and oxygen atoms in total. The van der Waals surface area contributed by atoms with Gasteiger partial charge in [0.2, 0.25) is 0 Å². The standard InChI is InChI=1S/C21H20N4O4S/c1-13-17-7-6-15(19-11-23-12-25(19)2)10-20(17)29-21(26)18(13)9-14-4-3-5-16(8-14)24-30(22,27)28/h3-8,10-12,24H,9H2,1-2H3,(H2,22,27,28). The van der Waals surface area contributed by atoms with Crippen LogP contribution in [-0.2, 0) is 23.7 Å². The molecule has 2 aromatic carbocycles. The normalized spacial score (nSPS) is 11.7. The molecule has 0 unspecified atom stereocenters. The number of rotatable bonds is 5. The van der Waals surface area contributed by atoms with Gasteiger partial charge < -0.3 is 8.98 Å². The number of aryl methyl sites for hydroxylation is 2. The molecule has 0 spiro atoms. The third-order valence-electron chi connectivity index (χ3n) is 4.97. The largest absolute Gasteiger partial charge is 0.422 e. The molecule has 4 rings (SSSR count). The first-order valence-electron chi connectivity index (χ1n) is 9.14. The van der Waals surface area contributed by atoms with Gasteiger partial charge in [0.15, 0.2) is 0 Å². The van der Waals surface area contributed by atoms with Crippen LogP contribution < -0.4 is 15.5 Å². The minimum atomic E-state index is -3.87. The molecule has 4 aromatic rings. The van der Waals surface area contributed by atoms with Crippen LogP contribution in [-0.4, -0.2) is 18.0 Å². The van der Waals surface area contributed by atoms with Gasteiger partial charge in [0.05, 0.1) is 23.9 Å². The summed E-state index contributed by atoms with van der Waals surface area (Å²) >= 11 is 0. The first kappa shape index (κ1) is 19.9. The van der Waals surface area contributed by atoms with Crippen molar-refractivity contribution >= 4 is 26.9 Å². The molecule has 0 saturated carbocycles. The molecular weight excluding hydrogens is 404 g/mol. The van der Waals surface area contributed by atoms with Gasteiger partial charge in [-0.3, -0.25) is 4.72 Å². The first-order chi connectivity index (χ1) is 14.2. The Kier molecular flexibility index (Phi) is 4.92. The lowest BCUT2D eigenvalue weighted by molar-refractivity contribution is 0.551. The molecule has 0 amide bonds. The number of nitrogens with zero attached hydrogens (tertiary/aromatic N) is 2. The lowest BCUT2D eigenvalue weighted by Crippen LogP contribution is -2.21. The van der Waals surface area contributed by atoms with E-state index in [9.17, 15) is 13.2 Å². The summed E-state index contributed by atoms with van der Waals surface area (Å²) in [7, 11) is -1.98. The second-order valence-corrected chi connectivity index (χ2v) is 8.41. The van der Waals surface area contributed by atoms with Crippen LogP contribution in [0.1, 0.15) is 16.7 Å². The highest BCUT2D eigenvalue weighted by molar-refractivity contribution is 7.90. The molecule has 2 heterocycles. The summed E-state index contributed by atoms with van der Waals surface area (Å²) in [6.07, 6.45) is 3.76. The summed E-state index contributed by atoms with van der Waals surface area (Å²) in [6, 6.07) is 12.5. The lowest BCUT2D eigenvalue weighted by atomic mass is 9.98. The summed E-state index contributed by atoms with van der Waals surface area (Å²) in [5, 5.41) is 5.87. The van der Waals surface area contributed by atoms with E-state index in [-0.39, 0.29) is 0 Å². The minimum Gasteiger partial charge on any atom is -0.422 e. The average Bonchev–Trinajstić information content (AvgIpc) is 3.09. The maximum absolute atomic E-state index is 12.7. The molecule has 0 bridgehead atoms. The molecule has 0 radical (unpaired) electrons. The molecule has 2 aromatic heterocycles. The number of nitrogens with two attached hydrogens (primary N) is 1. The number of anilines is 1. The van der Waals surface area contributed by atoms with E-state index >= 15 is 0 Å². The molecule has 9 heteroatoms. The highest BCUT2D eigenvalue weighted by Crippen LogP contribution is 2.27. The fourth-order valence-corrected chi connectivity index (χ4v) is 3.96. The van der Waals surface area contributed by atoms with E-state index in [1.54, 1.807) is 30.7 Å². The molecule has 0 aliphatic rings. The lowest BCUT2D eigenvalue weighted by Gasteiger charge is -2.11. The van der Waals surface area contributed by atoms with Crippen molar-refractivity contribution in [1.82, 2.24) is 9.55 Å². The monoisotopic (exact) mass is 424 g/mol. The van der Waals surface area contributed by atoms with Crippen molar-refractivity contribution in [1.29, 1.82) is 0 Å². The molecule has 0 fully saturated rings. The maximum Gasteiger partial charge on any atom is 0.340 e. The zero-order valence-corrected chi connectivity index (χ0v) is 17.2. The van der Waals surface area contributed by atoms with Crippen LogP contribution in [0.2, 0.25) is 0 Å². The van der Waals surface area contributed by atoms with Gasteiger partial charge >= 0.3 is 5.63 Å². The van der Waals surface area contributed by atoms with Gasteiger partial charge in [0.1, 0.15) is 5.58 Å². The van der Waals surface area contributed by atoms with Crippen LogP contribution in [0.15, 0.2) is 64.2 Å². The SMILES string of the molecule is Cc1c(Cc2cccc(NS(N)(=O)=O)c2)c(=O)oc2cc(-c3cncn3C)ccc12. The Morgan fingerprint density at radius 1 is 1.20 bits per heavy atom. The van der Waals surface area contributed by atoms with E-state index in [1.807, 2.05) is 42.8 Å². The summed E-state index contributed by atoms with van der Waals surface area (Å²) in [6.45, 7) is 1.88. The van der Waals surface area contributed by atoms with E-state index in [1.165, 1.54) is 0 Å². The fourth-order valence-electron chi connectivity index (χ4n) is 3.51. The van der Waals surface area contributed by atoms with Gasteiger partial charge in [-0.1, -0.05) is 24.3 Å². The van der Waals surface area contributed by atoms with Crippen molar-refractivity contribution in [2.75, 3.05) is 4.72 Å². The molecule has 0 atom stereocenters. The number of aromatic nitrogens is 2. The Balaban J connectivity index is 1.73. The Bertz CT molecular complexity index is 1420. The van der Waals surface area contributed by atoms with Crippen molar-refractivity contribution in [3.05, 3.63) is 82.1 Å². The number of hydrogen-bond acceptors (Lipinski definition) is 5. The highest BCUT2D eigenvalue weighted by atomic mass is 32.2. The van der Waals surface area contributed by atoms with Gasteiger partial charge in [0, 0.05) is 30.0 Å². The van der Waals surface area contributed by atoms with Gasteiger partial charge in [-0.15, -0.1) is 0 Å². The van der Waals surface area contributed by atoms with E-state index in [4.69, 9.17) is 9.56 Å². The van der Waals surface area contributed by atoms with E-state index in [0.717, 1.165) is 27.8 Å². The molecule has 0 aliphatic heterocycles. The zero-order valence-electron chi connectivity index (χ0n) is 16.4. The number of nitrogens with one attached hydrogen (secondary N) is 1. The number of benzene rings is 2. The van der Waals surface area contributed by atoms with Crippen LogP contribution in [0.4, 0.5) is 5.69 Å². The van der Waals surface area contributed by atoms with Crippen molar-refractivity contribution in [3.8, 4) is 11.3 Å². The van der Waals surface area contributed by atoms with Crippen molar-refractivity contribution < 1.29 is 12.8 Å². The molecule has 3 N–H and O–H groups in total. The average molecular weight is 424 g/mol. The molecular formula is C21H20N4O4S. The zero-order chi connectivity index (χ0) is 21.5. The van der Waals surface area contributed by atoms with E-state index in [2.05, 4.69) is 9.71 Å². The quantitative estimate of drug-likeness (QED) is 0.477. The Morgan fingerprint density at radius 3 is 2.70 bits per heavy atom.